The minimum absolute atomic E-state index is 0.109. The number of methoxy groups -OCH3 is 2. The molecule has 1 aromatic heterocycles. The van der Waals surface area contributed by atoms with Crippen LogP contribution >= 0.6 is 0 Å². The third-order valence-corrected chi connectivity index (χ3v) is 7.56. The van der Waals surface area contributed by atoms with Gasteiger partial charge in [0.25, 0.3) is 5.91 Å². The second-order valence-corrected chi connectivity index (χ2v) is 10.6. The zero-order valence-corrected chi connectivity index (χ0v) is 23.9. The third kappa shape index (κ3) is 7.17. The molecule has 1 fully saturated rings. The van der Waals surface area contributed by atoms with Crippen LogP contribution in [-0.2, 0) is 11.2 Å². The van der Waals surface area contributed by atoms with Crippen molar-refractivity contribution in [3.8, 4) is 11.5 Å². The molecule has 212 valence electrons. The number of hydrogen-bond donors (Lipinski definition) is 1. The van der Waals surface area contributed by atoms with Gasteiger partial charge in [0.15, 0.2) is 11.5 Å². The number of rotatable bonds is 11. The van der Waals surface area contributed by atoms with Crippen molar-refractivity contribution in [3.05, 3.63) is 83.4 Å². The van der Waals surface area contributed by atoms with E-state index < -0.39 is 6.04 Å². The smallest absolute Gasteiger partial charge is 0.275 e. The summed E-state index contributed by atoms with van der Waals surface area (Å²) in [5, 5.41) is 3.27. The molecule has 8 heteroatoms. The molecule has 3 aromatic rings. The lowest BCUT2D eigenvalue weighted by Crippen LogP contribution is -2.47. The summed E-state index contributed by atoms with van der Waals surface area (Å²) in [7, 11) is 3.19. The Morgan fingerprint density at radius 1 is 0.950 bits per heavy atom. The van der Waals surface area contributed by atoms with E-state index in [4.69, 9.17) is 9.47 Å². The molecule has 8 nitrogen and oxygen atoms in total. The third-order valence-electron chi connectivity index (χ3n) is 7.56. The number of carbonyl (C=O) groups is 2. The molecule has 1 N–H and O–H groups in total. The van der Waals surface area contributed by atoms with Crippen molar-refractivity contribution in [2.24, 2.45) is 0 Å². The highest BCUT2D eigenvalue weighted by Crippen LogP contribution is 2.30. The Balaban J connectivity index is 1.71. The number of ether oxygens (including phenoxy) is 2. The van der Waals surface area contributed by atoms with Gasteiger partial charge in [0.2, 0.25) is 5.91 Å². The number of benzene rings is 2. The van der Waals surface area contributed by atoms with Gasteiger partial charge in [0.05, 0.1) is 20.4 Å². The lowest BCUT2D eigenvalue weighted by atomic mass is 9.94. The monoisotopic (exact) mass is 544 g/mol. The lowest BCUT2D eigenvalue weighted by molar-refractivity contribution is -0.126. The molecule has 1 aliphatic rings. The Morgan fingerprint density at radius 3 is 2.27 bits per heavy atom. The van der Waals surface area contributed by atoms with Crippen LogP contribution in [0.15, 0.2) is 61.1 Å². The van der Waals surface area contributed by atoms with Crippen molar-refractivity contribution in [3.63, 3.8) is 0 Å². The zero-order chi connectivity index (χ0) is 28.5. The van der Waals surface area contributed by atoms with Crippen molar-refractivity contribution < 1.29 is 19.1 Å². The summed E-state index contributed by atoms with van der Waals surface area (Å²) < 4.78 is 10.9. The molecule has 2 amide bonds. The van der Waals surface area contributed by atoms with Crippen molar-refractivity contribution >= 4 is 11.8 Å². The number of amides is 2. The second-order valence-electron chi connectivity index (χ2n) is 10.6. The van der Waals surface area contributed by atoms with Gasteiger partial charge in [-0.05, 0) is 54.0 Å². The quantitative estimate of drug-likeness (QED) is 0.343. The van der Waals surface area contributed by atoms with E-state index in [1.165, 1.54) is 30.6 Å². The summed E-state index contributed by atoms with van der Waals surface area (Å²) in [4.78, 5) is 38.0. The summed E-state index contributed by atoms with van der Waals surface area (Å²) >= 11 is 0. The van der Waals surface area contributed by atoms with E-state index in [1.54, 1.807) is 19.1 Å². The van der Waals surface area contributed by atoms with Crippen LogP contribution in [0.25, 0.3) is 0 Å². The van der Waals surface area contributed by atoms with Crippen molar-refractivity contribution in [2.45, 2.75) is 70.4 Å². The molecule has 0 bridgehead atoms. The van der Waals surface area contributed by atoms with Crippen molar-refractivity contribution in [2.75, 3.05) is 20.8 Å². The van der Waals surface area contributed by atoms with Crippen LogP contribution in [0.2, 0.25) is 0 Å². The highest BCUT2D eigenvalue weighted by molar-refractivity contribution is 5.96. The van der Waals surface area contributed by atoms with E-state index in [0.29, 0.717) is 30.4 Å². The van der Waals surface area contributed by atoms with Gasteiger partial charge in [-0.15, -0.1) is 0 Å². The first kappa shape index (κ1) is 29.1. The molecule has 40 heavy (non-hydrogen) atoms. The predicted octanol–water partition coefficient (Wildman–Crippen LogP) is 5.49. The summed E-state index contributed by atoms with van der Waals surface area (Å²) in [6.07, 6.45) is 10.3. The van der Waals surface area contributed by atoms with Crippen LogP contribution in [0.5, 0.6) is 11.5 Å². The molecule has 2 aromatic carbocycles. The number of nitrogens with zero attached hydrogens (tertiary/aromatic N) is 3. The molecular formula is C32H40N4O4. The Kier molecular flexibility index (Phi) is 10.1. The molecule has 1 heterocycles. The van der Waals surface area contributed by atoms with Gasteiger partial charge >= 0.3 is 0 Å². The van der Waals surface area contributed by atoms with Gasteiger partial charge in [0, 0.05) is 25.0 Å². The average molecular weight is 545 g/mol. The number of carbonyl (C=O) groups excluding carboxylic acids is 2. The molecule has 1 aliphatic carbocycles. The summed E-state index contributed by atoms with van der Waals surface area (Å²) in [6.45, 7) is 4.56. The standard InChI is InChI=1S/C32H40N4O4/c1-22(2)24-11-13-25(14-12-24)30(31(37)35-26-8-6-5-7-9-26)36(32(38)27-21-33-17-18-34-27)19-16-23-10-15-28(39-3)29(20-23)40-4/h10-15,17-18,20-22,26,30H,5-9,16,19H2,1-4H3,(H,35,37)/t30-/m0/s1. The first-order valence-corrected chi connectivity index (χ1v) is 14.1. The van der Waals surface area contributed by atoms with Gasteiger partial charge in [-0.25, -0.2) is 4.98 Å². The second kappa shape index (κ2) is 13.9. The molecule has 0 radical (unpaired) electrons. The van der Waals surface area contributed by atoms with Crippen LogP contribution in [-0.4, -0.2) is 53.5 Å². The normalized spacial score (nSPS) is 14.4. The van der Waals surface area contributed by atoms with Gasteiger partial charge in [-0.3, -0.25) is 14.6 Å². The Labute approximate surface area is 237 Å². The van der Waals surface area contributed by atoms with E-state index >= 15 is 0 Å². The molecular weight excluding hydrogens is 504 g/mol. The highest BCUT2D eigenvalue weighted by atomic mass is 16.5. The fourth-order valence-electron chi connectivity index (χ4n) is 5.25. The molecule has 0 aliphatic heterocycles. The topological polar surface area (TPSA) is 93.7 Å². The molecule has 4 rings (SSSR count). The molecule has 0 spiro atoms. The van der Waals surface area contributed by atoms with E-state index in [-0.39, 0.29) is 23.6 Å². The molecule has 0 saturated heterocycles. The van der Waals surface area contributed by atoms with Gasteiger partial charge < -0.3 is 19.7 Å². The van der Waals surface area contributed by atoms with E-state index in [2.05, 4.69) is 29.1 Å². The van der Waals surface area contributed by atoms with Crippen molar-refractivity contribution in [1.29, 1.82) is 0 Å². The summed E-state index contributed by atoms with van der Waals surface area (Å²) in [5.74, 6) is 1.08. The maximum Gasteiger partial charge on any atom is 0.275 e. The maximum absolute atomic E-state index is 14.0. The van der Waals surface area contributed by atoms with Gasteiger partial charge in [-0.1, -0.05) is 63.4 Å². The fourth-order valence-corrected chi connectivity index (χ4v) is 5.25. The summed E-state index contributed by atoms with van der Waals surface area (Å²) in [5.41, 5.74) is 3.09. The predicted molar refractivity (Wildman–Crippen MR) is 155 cm³/mol. The van der Waals surface area contributed by atoms with Crippen LogP contribution < -0.4 is 14.8 Å². The molecule has 1 saturated carbocycles. The first-order valence-electron chi connectivity index (χ1n) is 14.1. The van der Waals surface area contributed by atoms with Crippen LogP contribution in [0, 0.1) is 0 Å². The van der Waals surface area contributed by atoms with Crippen LogP contribution in [0.4, 0.5) is 0 Å². The van der Waals surface area contributed by atoms with Gasteiger partial charge in [0.1, 0.15) is 11.7 Å². The van der Waals surface area contributed by atoms with E-state index in [0.717, 1.165) is 36.8 Å². The minimum atomic E-state index is -0.821. The lowest BCUT2D eigenvalue weighted by Gasteiger charge is -2.33. The fraction of sp³-hybridized carbons (Fsp3) is 0.438. The number of nitrogens with one attached hydrogen (secondary N) is 1. The van der Waals surface area contributed by atoms with Crippen LogP contribution in [0.3, 0.4) is 0 Å². The van der Waals surface area contributed by atoms with Crippen molar-refractivity contribution in [1.82, 2.24) is 20.2 Å². The SMILES string of the molecule is COc1ccc(CCN(C(=O)c2cnccn2)[C@H](C(=O)NC2CCCCC2)c2ccc(C(C)C)cc2)cc1OC. The minimum Gasteiger partial charge on any atom is -0.493 e. The summed E-state index contributed by atoms with van der Waals surface area (Å²) in [6, 6.07) is 13.0. The molecule has 1 atom stereocenters. The van der Waals surface area contributed by atoms with Gasteiger partial charge in [-0.2, -0.15) is 0 Å². The Hall–Kier alpha value is -3.94. The number of aromatic nitrogens is 2. The highest BCUT2D eigenvalue weighted by Gasteiger charge is 2.34. The maximum atomic E-state index is 14.0. The number of hydrogen-bond acceptors (Lipinski definition) is 6. The average Bonchev–Trinajstić information content (AvgIpc) is 2.99. The van der Waals surface area contributed by atoms with E-state index in [1.807, 2.05) is 42.5 Å². The van der Waals surface area contributed by atoms with E-state index in [9.17, 15) is 9.59 Å². The Bertz CT molecular complexity index is 1260. The zero-order valence-electron chi connectivity index (χ0n) is 23.9. The largest absolute Gasteiger partial charge is 0.493 e. The van der Waals surface area contributed by atoms with Crippen LogP contribution in [0.1, 0.15) is 85.1 Å². The first-order chi connectivity index (χ1) is 19.4. The Morgan fingerprint density at radius 2 is 1.65 bits per heavy atom. The molecule has 0 unspecified atom stereocenters.